The third kappa shape index (κ3) is 5.90. The fraction of sp³-hybridized carbons (Fsp3) is 0.467. The Hall–Kier alpha value is -2.09. The summed E-state index contributed by atoms with van der Waals surface area (Å²) in [5.41, 5.74) is 0.806. The second-order valence-corrected chi connectivity index (χ2v) is 5.24. The summed E-state index contributed by atoms with van der Waals surface area (Å²) in [6, 6.07) is 9.00. The van der Waals surface area contributed by atoms with Crippen LogP contribution in [0.3, 0.4) is 0 Å². The monoisotopic (exact) mass is 331 g/mol. The molecule has 0 spiro atoms. The zero-order chi connectivity index (χ0) is 16.9. The van der Waals surface area contributed by atoms with Crippen molar-refractivity contribution in [1.82, 2.24) is 5.32 Å². The standard InChI is InChI=1S/C15H16F3NO4/c16-15(17,18)23-12-6-11(7-12)13(20)8-19-14(21)22-9-10-4-2-1-3-5-10/h1-5,11-12H,6-9H2,(H,19,21). The van der Waals surface area contributed by atoms with Crippen LogP contribution in [0, 0.1) is 5.92 Å². The van der Waals surface area contributed by atoms with Gasteiger partial charge in [-0.3, -0.25) is 9.53 Å². The minimum atomic E-state index is -4.68. The van der Waals surface area contributed by atoms with Gasteiger partial charge in [-0.05, 0) is 18.4 Å². The number of halogens is 3. The Kier molecular flexibility index (Phi) is 5.59. The first kappa shape index (κ1) is 17.3. The molecule has 0 radical (unpaired) electrons. The number of alkyl carbamates (subject to hydrolysis) is 1. The highest BCUT2D eigenvalue weighted by Crippen LogP contribution is 2.35. The first-order valence-electron chi connectivity index (χ1n) is 7.05. The zero-order valence-electron chi connectivity index (χ0n) is 12.1. The zero-order valence-corrected chi connectivity index (χ0v) is 12.1. The molecule has 1 amide bonds. The molecule has 1 aliphatic carbocycles. The van der Waals surface area contributed by atoms with E-state index in [0.717, 1.165) is 5.56 Å². The Morgan fingerprint density at radius 1 is 1.17 bits per heavy atom. The molecule has 126 valence electrons. The smallest absolute Gasteiger partial charge is 0.445 e. The molecule has 0 heterocycles. The Morgan fingerprint density at radius 3 is 2.43 bits per heavy atom. The van der Waals surface area contributed by atoms with E-state index in [0.29, 0.717) is 0 Å². The maximum absolute atomic E-state index is 12.0. The second kappa shape index (κ2) is 7.45. The van der Waals surface area contributed by atoms with Crippen LogP contribution in [0.2, 0.25) is 0 Å². The van der Waals surface area contributed by atoms with Crippen LogP contribution in [0.1, 0.15) is 18.4 Å². The molecule has 1 aromatic rings. The summed E-state index contributed by atoms with van der Waals surface area (Å²) in [5, 5.41) is 2.29. The van der Waals surface area contributed by atoms with E-state index in [2.05, 4.69) is 10.1 Å². The number of amides is 1. The third-order valence-corrected chi connectivity index (χ3v) is 3.47. The fourth-order valence-corrected chi connectivity index (χ4v) is 2.19. The molecule has 1 saturated carbocycles. The molecule has 0 aliphatic heterocycles. The summed E-state index contributed by atoms with van der Waals surface area (Å²) in [6.45, 7) is -0.192. The minimum Gasteiger partial charge on any atom is -0.445 e. The van der Waals surface area contributed by atoms with Gasteiger partial charge in [0, 0.05) is 5.92 Å². The molecule has 2 rings (SSSR count). The average molecular weight is 331 g/mol. The van der Waals surface area contributed by atoms with Gasteiger partial charge in [0.2, 0.25) is 0 Å². The highest BCUT2D eigenvalue weighted by molar-refractivity contribution is 5.86. The molecule has 1 aromatic carbocycles. The summed E-state index contributed by atoms with van der Waals surface area (Å²) in [5.74, 6) is -0.847. The summed E-state index contributed by atoms with van der Waals surface area (Å²) >= 11 is 0. The topological polar surface area (TPSA) is 64.6 Å². The largest absolute Gasteiger partial charge is 0.522 e. The maximum Gasteiger partial charge on any atom is 0.522 e. The lowest BCUT2D eigenvalue weighted by Gasteiger charge is -2.34. The van der Waals surface area contributed by atoms with Crippen molar-refractivity contribution in [3.8, 4) is 0 Å². The van der Waals surface area contributed by atoms with Gasteiger partial charge in [0.15, 0.2) is 5.78 Å². The SMILES string of the molecule is O=C(NCC(=O)C1CC(OC(F)(F)F)C1)OCc1ccccc1. The number of carbonyl (C=O) groups is 2. The predicted octanol–water partition coefficient (Wildman–Crippen LogP) is 2.80. The van der Waals surface area contributed by atoms with Gasteiger partial charge in [0.05, 0.1) is 12.6 Å². The molecule has 5 nitrogen and oxygen atoms in total. The molecule has 1 N–H and O–H groups in total. The van der Waals surface area contributed by atoms with E-state index in [1.165, 1.54) is 0 Å². The number of ketones is 1. The Balaban J connectivity index is 1.61. The van der Waals surface area contributed by atoms with Gasteiger partial charge >= 0.3 is 12.5 Å². The second-order valence-electron chi connectivity index (χ2n) is 5.24. The number of ether oxygens (including phenoxy) is 2. The maximum atomic E-state index is 12.0. The van der Waals surface area contributed by atoms with Gasteiger partial charge in [-0.15, -0.1) is 13.2 Å². The van der Waals surface area contributed by atoms with Crippen LogP contribution in [-0.4, -0.2) is 30.9 Å². The van der Waals surface area contributed by atoms with Gasteiger partial charge in [-0.25, -0.2) is 4.79 Å². The molecule has 0 bridgehead atoms. The van der Waals surface area contributed by atoms with E-state index in [4.69, 9.17) is 4.74 Å². The number of nitrogens with one attached hydrogen (secondary N) is 1. The molecule has 0 unspecified atom stereocenters. The predicted molar refractivity (Wildman–Crippen MR) is 73.3 cm³/mol. The normalized spacial score (nSPS) is 20.5. The quantitative estimate of drug-likeness (QED) is 0.870. The van der Waals surface area contributed by atoms with Crippen molar-refractivity contribution >= 4 is 11.9 Å². The lowest BCUT2D eigenvalue weighted by Crippen LogP contribution is -2.43. The van der Waals surface area contributed by atoms with Gasteiger partial charge in [0.25, 0.3) is 0 Å². The first-order chi connectivity index (χ1) is 10.8. The van der Waals surface area contributed by atoms with Crippen molar-refractivity contribution in [3.05, 3.63) is 35.9 Å². The molecule has 8 heteroatoms. The number of rotatable bonds is 6. The van der Waals surface area contributed by atoms with Crippen LogP contribution in [0.4, 0.5) is 18.0 Å². The van der Waals surface area contributed by atoms with Crippen LogP contribution in [0.15, 0.2) is 30.3 Å². The van der Waals surface area contributed by atoms with Crippen LogP contribution >= 0.6 is 0 Å². The molecular weight excluding hydrogens is 315 g/mol. The summed E-state index contributed by atoms with van der Waals surface area (Å²) in [6.07, 6.45) is -6.38. The molecule has 0 aromatic heterocycles. The summed E-state index contributed by atoms with van der Waals surface area (Å²) < 4.78 is 44.6. The average Bonchev–Trinajstić information content (AvgIpc) is 2.46. The number of hydrogen-bond acceptors (Lipinski definition) is 4. The molecule has 23 heavy (non-hydrogen) atoms. The van der Waals surface area contributed by atoms with Crippen molar-refractivity contribution in [3.63, 3.8) is 0 Å². The van der Waals surface area contributed by atoms with Gasteiger partial charge < -0.3 is 10.1 Å². The van der Waals surface area contributed by atoms with Crippen LogP contribution in [-0.2, 0) is 20.9 Å². The van der Waals surface area contributed by atoms with Gasteiger partial charge in [-0.2, -0.15) is 0 Å². The Morgan fingerprint density at radius 2 is 1.83 bits per heavy atom. The lowest BCUT2D eigenvalue weighted by atomic mass is 9.79. The van der Waals surface area contributed by atoms with Gasteiger partial charge in [0.1, 0.15) is 6.61 Å². The van der Waals surface area contributed by atoms with Crippen LogP contribution < -0.4 is 5.32 Å². The van der Waals surface area contributed by atoms with Crippen molar-refractivity contribution in [2.45, 2.75) is 31.9 Å². The highest BCUT2D eigenvalue weighted by Gasteiger charge is 2.42. The van der Waals surface area contributed by atoms with Crippen molar-refractivity contribution in [2.24, 2.45) is 5.92 Å². The Bertz CT molecular complexity index is 541. The Labute approximate surface area is 130 Å². The van der Waals surface area contributed by atoms with Crippen molar-refractivity contribution in [2.75, 3.05) is 6.54 Å². The molecule has 0 atom stereocenters. The number of alkyl halides is 3. The number of Topliss-reactive ketones (excluding diaryl/α,β-unsaturated/α-hetero) is 1. The van der Waals surface area contributed by atoms with E-state index < -0.39 is 24.5 Å². The first-order valence-corrected chi connectivity index (χ1v) is 7.05. The van der Waals surface area contributed by atoms with E-state index in [9.17, 15) is 22.8 Å². The number of benzene rings is 1. The van der Waals surface area contributed by atoms with E-state index in [1.54, 1.807) is 24.3 Å². The minimum absolute atomic E-state index is 0.0130. The van der Waals surface area contributed by atoms with Crippen LogP contribution in [0.5, 0.6) is 0 Å². The lowest BCUT2D eigenvalue weighted by molar-refractivity contribution is -0.353. The summed E-state index contributed by atoms with van der Waals surface area (Å²) in [4.78, 5) is 23.2. The molecule has 0 saturated heterocycles. The fourth-order valence-electron chi connectivity index (χ4n) is 2.19. The third-order valence-electron chi connectivity index (χ3n) is 3.47. The number of hydrogen-bond donors (Lipinski definition) is 1. The molecule has 1 aliphatic rings. The van der Waals surface area contributed by atoms with E-state index >= 15 is 0 Å². The van der Waals surface area contributed by atoms with Gasteiger partial charge in [-0.1, -0.05) is 30.3 Å². The molecular formula is C15H16F3NO4. The van der Waals surface area contributed by atoms with Crippen LogP contribution in [0.25, 0.3) is 0 Å². The van der Waals surface area contributed by atoms with Crippen molar-refractivity contribution in [1.29, 1.82) is 0 Å². The molecule has 1 fully saturated rings. The van der Waals surface area contributed by atoms with E-state index in [1.807, 2.05) is 6.07 Å². The van der Waals surface area contributed by atoms with Crippen molar-refractivity contribution < 1.29 is 32.2 Å². The summed E-state index contributed by atoms with van der Waals surface area (Å²) in [7, 11) is 0. The highest BCUT2D eigenvalue weighted by atomic mass is 19.4. The number of carbonyl (C=O) groups excluding carboxylic acids is 2. The van der Waals surface area contributed by atoms with E-state index in [-0.39, 0.29) is 31.8 Å².